The molecule has 7 nitrogen and oxygen atoms in total. The maximum atomic E-state index is 12.6. The van der Waals surface area contributed by atoms with E-state index in [9.17, 15) is 4.79 Å². The molecule has 0 aliphatic carbocycles. The number of imidazole rings is 1. The summed E-state index contributed by atoms with van der Waals surface area (Å²) in [6, 6.07) is 9.52. The molecule has 1 saturated heterocycles. The second-order valence-electron chi connectivity index (χ2n) is 6.79. The Kier molecular flexibility index (Phi) is 4.93. The van der Waals surface area contributed by atoms with E-state index in [-0.39, 0.29) is 11.9 Å². The summed E-state index contributed by atoms with van der Waals surface area (Å²) in [4.78, 5) is 31.2. The van der Waals surface area contributed by atoms with Crippen molar-refractivity contribution in [2.75, 3.05) is 11.9 Å². The molecule has 1 amide bonds. The molecule has 0 saturated carbocycles. The number of aromatic nitrogens is 4. The van der Waals surface area contributed by atoms with Crippen LogP contribution in [0.3, 0.4) is 0 Å². The zero-order valence-electron chi connectivity index (χ0n) is 15.2. The molecule has 138 valence electrons. The molecule has 1 aliphatic heterocycles. The number of rotatable bonds is 5. The van der Waals surface area contributed by atoms with E-state index in [4.69, 9.17) is 0 Å². The lowest BCUT2D eigenvalue weighted by Gasteiger charge is -2.23. The summed E-state index contributed by atoms with van der Waals surface area (Å²) in [5.41, 5.74) is 2.37. The summed E-state index contributed by atoms with van der Waals surface area (Å²) >= 11 is 0. The summed E-state index contributed by atoms with van der Waals surface area (Å²) in [6.45, 7) is 3.71. The van der Waals surface area contributed by atoms with Crippen LogP contribution in [0, 0.1) is 6.92 Å². The topological polar surface area (TPSA) is 86.8 Å². The highest BCUT2D eigenvalue weighted by Crippen LogP contribution is 2.31. The van der Waals surface area contributed by atoms with Crippen molar-refractivity contribution in [2.45, 2.75) is 32.4 Å². The van der Waals surface area contributed by atoms with Crippen molar-refractivity contribution in [2.24, 2.45) is 0 Å². The van der Waals surface area contributed by atoms with Gasteiger partial charge in [-0.3, -0.25) is 9.69 Å². The Labute approximate surface area is 157 Å². The van der Waals surface area contributed by atoms with Crippen molar-refractivity contribution in [1.29, 1.82) is 0 Å². The standard InChI is InChI=1S/C20H22N6O/c1-14-7-8-18(23-12-14)25-20(27)16-5-2-4-15(24-16)17-6-3-11-26(17)13-19-21-9-10-22-19/h2,4-5,7-10,12,17H,3,6,11,13H2,1H3,(H,21,22)(H,23,25,27)/t17-/m1/s1. The highest BCUT2D eigenvalue weighted by atomic mass is 16.1. The fourth-order valence-corrected chi connectivity index (χ4v) is 3.41. The number of aryl methyl sites for hydroxylation is 1. The normalized spacial score (nSPS) is 17.1. The SMILES string of the molecule is Cc1ccc(NC(=O)c2cccc([C@H]3CCCN3Cc3ncc[nH]3)n2)nc1. The predicted molar refractivity (Wildman–Crippen MR) is 102 cm³/mol. The van der Waals surface area contributed by atoms with Crippen molar-refractivity contribution < 1.29 is 4.79 Å². The zero-order chi connectivity index (χ0) is 18.6. The molecule has 0 aromatic carbocycles. The van der Waals surface area contributed by atoms with Crippen LogP contribution in [0.2, 0.25) is 0 Å². The first-order valence-corrected chi connectivity index (χ1v) is 9.12. The van der Waals surface area contributed by atoms with Crippen LogP contribution < -0.4 is 5.32 Å². The van der Waals surface area contributed by atoms with Crippen LogP contribution in [0.1, 0.15) is 46.5 Å². The Bertz CT molecular complexity index is 906. The van der Waals surface area contributed by atoms with E-state index in [1.54, 1.807) is 24.5 Å². The zero-order valence-corrected chi connectivity index (χ0v) is 15.2. The Balaban J connectivity index is 1.49. The number of carbonyl (C=O) groups excluding carboxylic acids is 1. The molecular formula is C20H22N6O. The van der Waals surface area contributed by atoms with Gasteiger partial charge in [-0.1, -0.05) is 12.1 Å². The van der Waals surface area contributed by atoms with Gasteiger partial charge in [0.25, 0.3) is 5.91 Å². The highest BCUT2D eigenvalue weighted by molar-refractivity contribution is 6.02. The van der Waals surface area contributed by atoms with E-state index < -0.39 is 0 Å². The van der Waals surface area contributed by atoms with Gasteiger partial charge in [-0.25, -0.2) is 15.0 Å². The van der Waals surface area contributed by atoms with Crippen molar-refractivity contribution in [3.05, 3.63) is 71.7 Å². The summed E-state index contributed by atoms with van der Waals surface area (Å²) in [5.74, 6) is 1.23. The van der Waals surface area contributed by atoms with E-state index in [1.807, 2.05) is 31.3 Å². The number of nitrogens with zero attached hydrogens (tertiary/aromatic N) is 4. The van der Waals surface area contributed by atoms with Gasteiger partial charge in [0.15, 0.2) is 0 Å². The summed E-state index contributed by atoms with van der Waals surface area (Å²) in [7, 11) is 0. The first kappa shape index (κ1) is 17.4. The van der Waals surface area contributed by atoms with Crippen LogP contribution in [0.4, 0.5) is 5.82 Å². The Morgan fingerprint density at radius 3 is 3.00 bits per heavy atom. The van der Waals surface area contributed by atoms with E-state index in [1.165, 1.54) is 0 Å². The molecule has 1 fully saturated rings. The third kappa shape index (κ3) is 4.03. The number of nitrogens with one attached hydrogen (secondary N) is 2. The molecule has 2 N–H and O–H groups in total. The van der Waals surface area contributed by atoms with E-state index in [0.717, 1.165) is 43.0 Å². The molecule has 3 aromatic heterocycles. The Hall–Kier alpha value is -3.06. The first-order chi connectivity index (χ1) is 13.2. The lowest BCUT2D eigenvalue weighted by atomic mass is 10.1. The van der Waals surface area contributed by atoms with Crippen molar-refractivity contribution >= 4 is 11.7 Å². The molecule has 27 heavy (non-hydrogen) atoms. The lowest BCUT2D eigenvalue weighted by Crippen LogP contribution is -2.25. The minimum atomic E-state index is -0.246. The molecule has 3 aromatic rings. The third-order valence-corrected chi connectivity index (χ3v) is 4.77. The summed E-state index contributed by atoms with van der Waals surface area (Å²) < 4.78 is 0. The number of hydrogen-bond donors (Lipinski definition) is 2. The average Bonchev–Trinajstić information content (AvgIpc) is 3.36. The fourth-order valence-electron chi connectivity index (χ4n) is 3.41. The number of pyridine rings is 2. The van der Waals surface area contributed by atoms with Crippen molar-refractivity contribution in [1.82, 2.24) is 24.8 Å². The Morgan fingerprint density at radius 1 is 1.30 bits per heavy atom. The third-order valence-electron chi connectivity index (χ3n) is 4.77. The van der Waals surface area contributed by atoms with Crippen LogP contribution in [0.25, 0.3) is 0 Å². The van der Waals surface area contributed by atoms with Gasteiger partial charge in [-0.2, -0.15) is 0 Å². The van der Waals surface area contributed by atoms with Crippen LogP contribution in [-0.4, -0.2) is 37.3 Å². The number of likely N-dealkylation sites (tertiary alicyclic amines) is 1. The van der Waals surface area contributed by atoms with E-state index in [2.05, 4.69) is 30.2 Å². The molecule has 0 unspecified atom stereocenters. The second kappa shape index (κ2) is 7.67. The molecule has 7 heteroatoms. The van der Waals surface area contributed by atoms with Crippen LogP contribution in [-0.2, 0) is 6.54 Å². The van der Waals surface area contributed by atoms with Gasteiger partial charge in [0.2, 0.25) is 0 Å². The van der Waals surface area contributed by atoms with Gasteiger partial charge in [0.1, 0.15) is 17.3 Å². The molecule has 0 radical (unpaired) electrons. The van der Waals surface area contributed by atoms with Gasteiger partial charge < -0.3 is 10.3 Å². The number of anilines is 1. The number of H-pyrrole nitrogens is 1. The van der Waals surface area contributed by atoms with Gasteiger partial charge in [0, 0.05) is 18.6 Å². The van der Waals surface area contributed by atoms with E-state index in [0.29, 0.717) is 11.5 Å². The Morgan fingerprint density at radius 2 is 2.22 bits per heavy atom. The van der Waals surface area contributed by atoms with Crippen LogP contribution in [0.15, 0.2) is 48.9 Å². The number of aromatic amines is 1. The highest BCUT2D eigenvalue weighted by Gasteiger charge is 2.28. The minimum absolute atomic E-state index is 0.195. The molecule has 1 aliphatic rings. The van der Waals surface area contributed by atoms with E-state index >= 15 is 0 Å². The van der Waals surface area contributed by atoms with Gasteiger partial charge in [-0.05, 0) is 50.1 Å². The average molecular weight is 362 g/mol. The quantitative estimate of drug-likeness (QED) is 0.728. The summed E-state index contributed by atoms with van der Waals surface area (Å²) in [6.07, 6.45) is 7.46. The predicted octanol–water partition coefficient (Wildman–Crippen LogP) is 3.10. The van der Waals surface area contributed by atoms with Crippen LogP contribution >= 0.6 is 0 Å². The van der Waals surface area contributed by atoms with Crippen molar-refractivity contribution in [3.63, 3.8) is 0 Å². The molecule has 4 rings (SSSR count). The number of amides is 1. The first-order valence-electron chi connectivity index (χ1n) is 9.12. The fraction of sp³-hybridized carbons (Fsp3) is 0.300. The second-order valence-corrected chi connectivity index (χ2v) is 6.79. The lowest BCUT2D eigenvalue weighted by molar-refractivity contribution is 0.102. The maximum absolute atomic E-state index is 12.6. The number of hydrogen-bond acceptors (Lipinski definition) is 5. The molecule has 1 atom stereocenters. The van der Waals surface area contributed by atoms with Gasteiger partial charge >= 0.3 is 0 Å². The molecular weight excluding hydrogens is 340 g/mol. The summed E-state index contributed by atoms with van der Waals surface area (Å²) in [5, 5.41) is 2.81. The number of carbonyl (C=O) groups is 1. The molecule has 4 heterocycles. The molecule has 0 bridgehead atoms. The molecule has 0 spiro atoms. The van der Waals surface area contributed by atoms with Gasteiger partial charge in [-0.15, -0.1) is 0 Å². The van der Waals surface area contributed by atoms with Crippen molar-refractivity contribution in [3.8, 4) is 0 Å². The maximum Gasteiger partial charge on any atom is 0.275 e. The van der Waals surface area contributed by atoms with Gasteiger partial charge in [0.05, 0.1) is 18.3 Å². The minimum Gasteiger partial charge on any atom is -0.348 e. The largest absolute Gasteiger partial charge is 0.348 e. The monoisotopic (exact) mass is 362 g/mol. The smallest absolute Gasteiger partial charge is 0.275 e. The van der Waals surface area contributed by atoms with Crippen LogP contribution in [0.5, 0.6) is 0 Å².